The van der Waals surface area contributed by atoms with Crippen LogP contribution in [-0.2, 0) is 6.42 Å². The molecule has 0 spiro atoms. The van der Waals surface area contributed by atoms with Gasteiger partial charge < -0.3 is 10.5 Å². The number of para-hydroxylation sites is 1. The van der Waals surface area contributed by atoms with Crippen LogP contribution in [-0.4, -0.2) is 11.6 Å². The number of ether oxygens (including phenoxy) is 1. The maximum atomic E-state index is 6.00. The summed E-state index contributed by atoms with van der Waals surface area (Å²) in [5.41, 5.74) is 8.63. The maximum Gasteiger partial charge on any atom is 0.145 e. The van der Waals surface area contributed by atoms with Gasteiger partial charge in [0.05, 0.1) is 6.61 Å². The first-order valence-corrected chi connectivity index (χ1v) is 5.57. The molecule has 1 aromatic carbocycles. The van der Waals surface area contributed by atoms with Gasteiger partial charge in [-0.15, -0.1) is 0 Å². The van der Waals surface area contributed by atoms with Gasteiger partial charge >= 0.3 is 0 Å². The van der Waals surface area contributed by atoms with Crippen molar-refractivity contribution in [1.29, 1.82) is 0 Å². The van der Waals surface area contributed by atoms with Gasteiger partial charge in [0.2, 0.25) is 0 Å². The fourth-order valence-electron chi connectivity index (χ4n) is 1.76. The Balaban J connectivity index is 2.69. The zero-order valence-corrected chi connectivity index (χ0v) is 9.66. The van der Waals surface area contributed by atoms with Crippen LogP contribution in [0.1, 0.15) is 19.5 Å². The van der Waals surface area contributed by atoms with E-state index in [0.29, 0.717) is 6.61 Å². The van der Waals surface area contributed by atoms with Crippen molar-refractivity contribution in [3.8, 4) is 5.75 Å². The minimum atomic E-state index is 0.636. The largest absolute Gasteiger partial charge is 0.492 e. The highest BCUT2D eigenvalue weighted by Crippen LogP contribution is 2.28. The third-order valence-corrected chi connectivity index (χ3v) is 2.55. The number of rotatable bonds is 3. The normalized spacial score (nSPS) is 10.6. The van der Waals surface area contributed by atoms with Crippen LogP contribution in [0.5, 0.6) is 5.75 Å². The number of hydrogen-bond acceptors (Lipinski definition) is 3. The average Bonchev–Trinajstić information content (AvgIpc) is 2.30. The van der Waals surface area contributed by atoms with Crippen molar-refractivity contribution in [2.24, 2.45) is 0 Å². The third kappa shape index (κ3) is 1.81. The lowest BCUT2D eigenvalue weighted by molar-refractivity contribution is 0.343. The summed E-state index contributed by atoms with van der Waals surface area (Å²) in [7, 11) is 0. The van der Waals surface area contributed by atoms with Gasteiger partial charge in [-0.05, 0) is 25.5 Å². The second kappa shape index (κ2) is 4.39. The lowest BCUT2D eigenvalue weighted by atomic mass is 10.1. The van der Waals surface area contributed by atoms with E-state index in [1.165, 1.54) is 0 Å². The van der Waals surface area contributed by atoms with Gasteiger partial charge in [-0.2, -0.15) is 0 Å². The number of fused-ring (bicyclic) bond motifs is 1. The minimum Gasteiger partial charge on any atom is -0.492 e. The van der Waals surface area contributed by atoms with Crippen LogP contribution in [0.4, 0.5) is 5.69 Å². The molecule has 0 fully saturated rings. The second-order valence-electron chi connectivity index (χ2n) is 3.64. The predicted molar refractivity (Wildman–Crippen MR) is 66.7 cm³/mol. The predicted octanol–water partition coefficient (Wildman–Crippen LogP) is 2.78. The molecule has 3 nitrogen and oxygen atoms in total. The number of pyridine rings is 1. The third-order valence-electron chi connectivity index (χ3n) is 2.55. The monoisotopic (exact) mass is 216 g/mol. The van der Waals surface area contributed by atoms with Crippen LogP contribution in [0.3, 0.4) is 0 Å². The SMILES string of the molecule is CCOc1cccc2c(N)cc(CC)nc12. The minimum absolute atomic E-state index is 0.636. The van der Waals surface area contributed by atoms with E-state index in [1.54, 1.807) is 0 Å². The molecule has 84 valence electrons. The molecule has 0 atom stereocenters. The van der Waals surface area contributed by atoms with Crippen molar-refractivity contribution >= 4 is 16.6 Å². The van der Waals surface area contributed by atoms with E-state index in [2.05, 4.69) is 11.9 Å². The van der Waals surface area contributed by atoms with E-state index in [0.717, 1.165) is 34.5 Å². The van der Waals surface area contributed by atoms with Crippen LogP contribution >= 0.6 is 0 Å². The standard InChI is InChI=1S/C13H16N2O/c1-3-9-8-11(14)10-6-5-7-12(16-4-2)13(10)15-9/h5-8H,3-4H2,1-2H3,(H2,14,15). The molecule has 3 heteroatoms. The summed E-state index contributed by atoms with van der Waals surface area (Å²) in [5, 5.41) is 0.961. The smallest absolute Gasteiger partial charge is 0.145 e. The fourth-order valence-corrected chi connectivity index (χ4v) is 1.76. The molecule has 2 rings (SSSR count). The van der Waals surface area contributed by atoms with Gasteiger partial charge in [0, 0.05) is 16.8 Å². The van der Waals surface area contributed by atoms with E-state index in [4.69, 9.17) is 10.5 Å². The van der Waals surface area contributed by atoms with Crippen LogP contribution in [0.15, 0.2) is 24.3 Å². The molecule has 0 radical (unpaired) electrons. The molecule has 1 aromatic heterocycles. The maximum absolute atomic E-state index is 6.00. The molecule has 0 saturated carbocycles. The summed E-state index contributed by atoms with van der Waals surface area (Å²) in [6.45, 7) is 4.67. The number of benzene rings is 1. The van der Waals surface area contributed by atoms with Gasteiger partial charge in [-0.1, -0.05) is 19.1 Å². The molecule has 0 unspecified atom stereocenters. The van der Waals surface area contributed by atoms with E-state index >= 15 is 0 Å². The summed E-state index contributed by atoms with van der Waals surface area (Å²) in [4.78, 5) is 4.57. The zero-order chi connectivity index (χ0) is 11.5. The zero-order valence-electron chi connectivity index (χ0n) is 9.66. The molecule has 1 heterocycles. The second-order valence-corrected chi connectivity index (χ2v) is 3.64. The Bertz CT molecular complexity index is 509. The van der Waals surface area contributed by atoms with Crippen molar-refractivity contribution < 1.29 is 4.74 Å². The first-order chi connectivity index (χ1) is 7.76. The Morgan fingerprint density at radius 3 is 2.81 bits per heavy atom. The number of hydrogen-bond donors (Lipinski definition) is 1. The quantitative estimate of drug-likeness (QED) is 0.858. The molecule has 16 heavy (non-hydrogen) atoms. The first kappa shape index (κ1) is 10.7. The van der Waals surface area contributed by atoms with Crippen molar-refractivity contribution in [2.75, 3.05) is 12.3 Å². The van der Waals surface area contributed by atoms with E-state index in [-0.39, 0.29) is 0 Å². The van der Waals surface area contributed by atoms with E-state index < -0.39 is 0 Å². The highest BCUT2D eigenvalue weighted by atomic mass is 16.5. The van der Waals surface area contributed by atoms with Crippen LogP contribution in [0.25, 0.3) is 10.9 Å². The number of anilines is 1. The molecule has 0 aliphatic heterocycles. The van der Waals surface area contributed by atoms with Crippen molar-refractivity contribution in [3.63, 3.8) is 0 Å². The summed E-state index contributed by atoms with van der Waals surface area (Å²) in [6, 6.07) is 7.77. The highest BCUT2D eigenvalue weighted by molar-refractivity contribution is 5.94. The molecule has 2 aromatic rings. The van der Waals surface area contributed by atoms with Crippen LogP contribution in [0.2, 0.25) is 0 Å². The lowest BCUT2D eigenvalue weighted by Crippen LogP contribution is -1.98. The molecule has 2 N–H and O–H groups in total. The fraction of sp³-hybridized carbons (Fsp3) is 0.308. The number of aromatic nitrogens is 1. The average molecular weight is 216 g/mol. The number of nitrogens with two attached hydrogens (primary N) is 1. The Morgan fingerprint density at radius 2 is 2.12 bits per heavy atom. The van der Waals surface area contributed by atoms with Crippen LogP contribution < -0.4 is 10.5 Å². The van der Waals surface area contributed by atoms with Crippen LogP contribution in [0, 0.1) is 0 Å². The van der Waals surface area contributed by atoms with E-state index in [1.807, 2.05) is 31.2 Å². The molecule has 0 bridgehead atoms. The molecular weight excluding hydrogens is 200 g/mol. The molecule has 0 amide bonds. The number of nitrogens with zero attached hydrogens (tertiary/aromatic N) is 1. The topological polar surface area (TPSA) is 48.1 Å². The summed E-state index contributed by atoms with van der Waals surface area (Å²) in [6.07, 6.45) is 0.876. The van der Waals surface area contributed by atoms with Gasteiger partial charge in [0.1, 0.15) is 11.3 Å². The van der Waals surface area contributed by atoms with Gasteiger partial charge in [-0.3, -0.25) is 0 Å². The Labute approximate surface area is 95.2 Å². The number of nitrogen functional groups attached to an aromatic ring is 1. The Kier molecular flexibility index (Phi) is 2.95. The lowest BCUT2D eigenvalue weighted by Gasteiger charge is -2.09. The van der Waals surface area contributed by atoms with Gasteiger partial charge in [0.25, 0.3) is 0 Å². The summed E-state index contributed by atoms with van der Waals surface area (Å²) < 4.78 is 5.56. The first-order valence-electron chi connectivity index (χ1n) is 5.57. The molecule has 0 aliphatic carbocycles. The van der Waals surface area contributed by atoms with E-state index in [9.17, 15) is 0 Å². The van der Waals surface area contributed by atoms with Crippen molar-refractivity contribution in [3.05, 3.63) is 30.0 Å². The highest BCUT2D eigenvalue weighted by Gasteiger charge is 2.07. The Morgan fingerprint density at radius 1 is 1.31 bits per heavy atom. The van der Waals surface area contributed by atoms with Gasteiger partial charge in [-0.25, -0.2) is 4.98 Å². The summed E-state index contributed by atoms with van der Waals surface area (Å²) >= 11 is 0. The van der Waals surface area contributed by atoms with Crippen molar-refractivity contribution in [1.82, 2.24) is 4.98 Å². The molecule has 0 aliphatic rings. The summed E-state index contributed by atoms with van der Waals surface area (Å²) in [5.74, 6) is 0.807. The van der Waals surface area contributed by atoms with Gasteiger partial charge in [0.15, 0.2) is 0 Å². The molecule has 0 saturated heterocycles. The Hall–Kier alpha value is -1.77. The van der Waals surface area contributed by atoms with Crippen molar-refractivity contribution in [2.45, 2.75) is 20.3 Å². The number of aryl methyl sites for hydroxylation is 1. The molecular formula is C13H16N2O.